The molecule has 1 N–H and O–H groups in total. The molecular formula is C29H26N2O3. The fourth-order valence-electron chi connectivity index (χ4n) is 4.01. The third kappa shape index (κ3) is 4.13. The summed E-state index contributed by atoms with van der Waals surface area (Å²) in [5, 5.41) is 4.95. The lowest BCUT2D eigenvalue weighted by molar-refractivity contribution is 0.102. The van der Waals surface area contributed by atoms with Crippen molar-refractivity contribution < 1.29 is 13.9 Å². The van der Waals surface area contributed by atoms with Gasteiger partial charge in [-0.1, -0.05) is 57.2 Å². The number of amides is 1. The summed E-state index contributed by atoms with van der Waals surface area (Å²) < 4.78 is 11.4. The van der Waals surface area contributed by atoms with E-state index in [9.17, 15) is 4.79 Å². The average molecular weight is 451 g/mol. The number of nitrogens with one attached hydrogen (secondary N) is 1. The maximum absolute atomic E-state index is 13.1. The molecule has 5 rings (SSSR count). The van der Waals surface area contributed by atoms with E-state index in [0.29, 0.717) is 34.0 Å². The number of methoxy groups -OCH3 is 1. The van der Waals surface area contributed by atoms with E-state index in [2.05, 4.69) is 43.2 Å². The van der Waals surface area contributed by atoms with Gasteiger partial charge in [0.15, 0.2) is 5.58 Å². The van der Waals surface area contributed by atoms with Crippen LogP contribution in [0.2, 0.25) is 0 Å². The van der Waals surface area contributed by atoms with Crippen molar-refractivity contribution in [2.75, 3.05) is 12.4 Å². The van der Waals surface area contributed by atoms with E-state index in [4.69, 9.17) is 9.15 Å². The van der Waals surface area contributed by atoms with Crippen molar-refractivity contribution in [3.8, 4) is 17.2 Å². The topological polar surface area (TPSA) is 64.4 Å². The third-order valence-corrected chi connectivity index (χ3v) is 5.96. The smallest absolute Gasteiger partial charge is 0.259 e. The van der Waals surface area contributed by atoms with Crippen molar-refractivity contribution in [3.05, 3.63) is 90.0 Å². The van der Waals surface area contributed by atoms with Gasteiger partial charge in [-0.05, 0) is 64.2 Å². The number of hydrogen-bond acceptors (Lipinski definition) is 4. The summed E-state index contributed by atoms with van der Waals surface area (Å²) in [5.41, 5.74) is 4.70. The Hall–Kier alpha value is -4.12. The normalized spacial score (nSPS) is 11.6. The molecule has 5 aromatic rings. The summed E-state index contributed by atoms with van der Waals surface area (Å²) in [7, 11) is 1.57. The first kappa shape index (κ1) is 21.7. The molecular weight excluding hydrogens is 424 g/mol. The van der Waals surface area contributed by atoms with E-state index >= 15 is 0 Å². The first-order chi connectivity index (χ1) is 16.3. The highest BCUT2D eigenvalue weighted by molar-refractivity contribution is 6.09. The predicted octanol–water partition coefficient (Wildman–Crippen LogP) is 7.21. The van der Waals surface area contributed by atoms with Crippen LogP contribution in [0.3, 0.4) is 0 Å². The van der Waals surface area contributed by atoms with Crippen molar-refractivity contribution in [2.24, 2.45) is 0 Å². The Morgan fingerprint density at radius 2 is 1.62 bits per heavy atom. The SMILES string of the molecule is COc1cc2ccccc2cc1C(=O)Nc1ccc2oc(-c3ccc(C(C)(C)C)cc3)nc2c1. The Bertz CT molecular complexity index is 1510. The molecule has 0 fully saturated rings. The molecule has 0 aliphatic carbocycles. The maximum Gasteiger partial charge on any atom is 0.259 e. The minimum Gasteiger partial charge on any atom is -0.496 e. The molecule has 0 bridgehead atoms. The number of nitrogens with zero attached hydrogens (tertiary/aromatic N) is 1. The molecule has 5 nitrogen and oxygen atoms in total. The van der Waals surface area contributed by atoms with Gasteiger partial charge in [0.05, 0.1) is 12.7 Å². The predicted molar refractivity (Wildman–Crippen MR) is 137 cm³/mol. The minimum atomic E-state index is -0.247. The monoisotopic (exact) mass is 450 g/mol. The number of aromatic nitrogens is 1. The van der Waals surface area contributed by atoms with Crippen LogP contribution in [0.1, 0.15) is 36.7 Å². The molecule has 4 aromatic carbocycles. The highest BCUT2D eigenvalue weighted by Crippen LogP contribution is 2.30. The van der Waals surface area contributed by atoms with E-state index < -0.39 is 0 Å². The molecule has 1 amide bonds. The van der Waals surface area contributed by atoms with E-state index in [1.54, 1.807) is 7.11 Å². The first-order valence-electron chi connectivity index (χ1n) is 11.2. The Morgan fingerprint density at radius 1 is 0.912 bits per heavy atom. The Morgan fingerprint density at radius 3 is 2.29 bits per heavy atom. The van der Waals surface area contributed by atoms with Gasteiger partial charge < -0.3 is 14.5 Å². The fraction of sp³-hybridized carbons (Fsp3) is 0.172. The zero-order valence-electron chi connectivity index (χ0n) is 19.7. The van der Waals surface area contributed by atoms with Crippen molar-refractivity contribution in [1.82, 2.24) is 4.98 Å². The second kappa shape index (κ2) is 8.34. The van der Waals surface area contributed by atoms with Gasteiger partial charge >= 0.3 is 0 Å². The number of fused-ring (bicyclic) bond motifs is 2. The summed E-state index contributed by atoms with van der Waals surface area (Å²) >= 11 is 0. The molecule has 0 atom stereocenters. The Labute approximate surface area is 198 Å². The molecule has 0 saturated carbocycles. The van der Waals surface area contributed by atoms with Crippen LogP contribution in [-0.4, -0.2) is 18.0 Å². The molecule has 34 heavy (non-hydrogen) atoms. The lowest BCUT2D eigenvalue weighted by atomic mass is 9.87. The summed E-state index contributed by atoms with van der Waals surface area (Å²) in [5.74, 6) is 0.832. The molecule has 0 spiro atoms. The van der Waals surface area contributed by atoms with Gasteiger partial charge in [-0.3, -0.25) is 4.79 Å². The van der Waals surface area contributed by atoms with Crippen molar-refractivity contribution >= 4 is 33.5 Å². The van der Waals surface area contributed by atoms with Gasteiger partial charge in [0.2, 0.25) is 5.89 Å². The summed E-state index contributed by atoms with van der Waals surface area (Å²) in [6.07, 6.45) is 0. The van der Waals surface area contributed by atoms with Crippen molar-refractivity contribution in [3.63, 3.8) is 0 Å². The zero-order valence-corrected chi connectivity index (χ0v) is 19.7. The maximum atomic E-state index is 13.1. The van der Waals surface area contributed by atoms with Crippen LogP contribution in [-0.2, 0) is 5.41 Å². The highest BCUT2D eigenvalue weighted by atomic mass is 16.5. The van der Waals surface area contributed by atoms with Gasteiger partial charge in [0.1, 0.15) is 11.3 Å². The molecule has 0 unspecified atom stereocenters. The first-order valence-corrected chi connectivity index (χ1v) is 11.2. The lowest BCUT2D eigenvalue weighted by Crippen LogP contribution is -2.13. The molecule has 0 saturated heterocycles. The third-order valence-electron chi connectivity index (χ3n) is 5.96. The van der Waals surface area contributed by atoms with Gasteiger partial charge in [0.25, 0.3) is 5.91 Å². The van der Waals surface area contributed by atoms with Gasteiger partial charge in [-0.25, -0.2) is 4.98 Å². The van der Waals surface area contributed by atoms with Crippen molar-refractivity contribution in [2.45, 2.75) is 26.2 Å². The molecule has 170 valence electrons. The van der Waals surface area contributed by atoms with E-state index in [-0.39, 0.29) is 11.3 Å². The van der Waals surface area contributed by atoms with Crippen molar-refractivity contribution in [1.29, 1.82) is 0 Å². The number of ether oxygens (including phenoxy) is 1. The number of hydrogen-bond donors (Lipinski definition) is 1. The van der Waals surface area contributed by atoms with Crippen LogP contribution in [0.4, 0.5) is 5.69 Å². The van der Waals surface area contributed by atoms with Gasteiger partial charge in [-0.2, -0.15) is 0 Å². The number of oxazole rings is 1. The standard InChI is InChI=1S/C29H26N2O3/c1-29(2,3)21-11-9-18(10-12-21)28-31-24-17-22(13-14-25(24)34-28)30-27(32)23-15-19-7-5-6-8-20(19)16-26(23)33-4/h5-17H,1-4H3,(H,30,32). The molecule has 5 heteroatoms. The van der Waals surface area contributed by atoms with Crippen LogP contribution in [0.5, 0.6) is 5.75 Å². The van der Waals surface area contributed by atoms with E-state index in [1.165, 1.54) is 5.56 Å². The average Bonchev–Trinajstić information content (AvgIpc) is 3.26. The van der Waals surface area contributed by atoms with E-state index in [1.807, 2.05) is 66.7 Å². The number of carbonyl (C=O) groups is 1. The van der Waals surface area contributed by atoms with Gasteiger partial charge in [-0.15, -0.1) is 0 Å². The molecule has 0 aliphatic heterocycles. The minimum absolute atomic E-state index is 0.0840. The Balaban J connectivity index is 1.42. The van der Waals surface area contributed by atoms with Crippen LogP contribution >= 0.6 is 0 Å². The summed E-state index contributed by atoms with van der Waals surface area (Å²) in [6, 6.07) is 25.3. The van der Waals surface area contributed by atoms with Gasteiger partial charge in [0, 0.05) is 11.3 Å². The lowest BCUT2D eigenvalue weighted by Gasteiger charge is -2.18. The number of rotatable bonds is 4. The Kier molecular flexibility index (Phi) is 5.33. The molecule has 1 aromatic heterocycles. The largest absolute Gasteiger partial charge is 0.496 e. The fourth-order valence-corrected chi connectivity index (χ4v) is 4.01. The number of anilines is 1. The number of benzene rings is 4. The van der Waals surface area contributed by atoms with Crippen LogP contribution in [0.15, 0.2) is 83.3 Å². The summed E-state index contributed by atoms with van der Waals surface area (Å²) in [6.45, 7) is 6.56. The molecule has 1 heterocycles. The zero-order chi connectivity index (χ0) is 23.9. The second-order valence-electron chi connectivity index (χ2n) is 9.38. The number of carbonyl (C=O) groups excluding carboxylic acids is 1. The highest BCUT2D eigenvalue weighted by Gasteiger charge is 2.17. The second-order valence-corrected chi connectivity index (χ2v) is 9.38. The van der Waals surface area contributed by atoms with Crippen LogP contribution in [0.25, 0.3) is 33.3 Å². The molecule has 0 radical (unpaired) electrons. The van der Waals surface area contributed by atoms with E-state index in [0.717, 1.165) is 16.3 Å². The summed E-state index contributed by atoms with van der Waals surface area (Å²) in [4.78, 5) is 17.7. The van der Waals surface area contributed by atoms with Crippen LogP contribution < -0.4 is 10.1 Å². The van der Waals surface area contributed by atoms with Crippen LogP contribution in [0, 0.1) is 0 Å². The molecule has 0 aliphatic rings. The quantitative estimate of drug-likeness (QED) is 0.314.